The Morgan fingerprint density at radius 2 is 1.91 bits per heavy atom. The lowest BCUT2D eigenvalue weighted by atomic mass is 10.0. The minimum atomic E-state index is -1.15. The lowest BCUT2D eigenvalue weighted by molar-refractivity contribution is -0.154. The molecule has 35 heavy (non-hydrogen) atoms. The van der Waals surface area contributed by atoms with E-state index in [1.165, 1.54) is 12.0 Å². The van der Waals surface area contributed by atoms with Crippen LogP contribution in [0.25, 0.3) is 10.8 Å². The first-order valence-electron chi connectivity index (χ1n) is 12.0. The Morgan fingerprint density at radius 3 is 2.60 bits per heavy atom. The first-order chi connectivity index (χ1) is 16.7. The maximum atomic E-state index is 13.3. The highest BCUT2D eigenvalue weighted by Gasteiger charge is 2.44. The van der Waals surface area contributed by atoms with Gasteiger partial charge in [0.05, 0.1) is 6.10 Å². The third kappa shape index (κ3) is 6.56. The van der Waals surface area contributed by atoms with Crippen molar-refractivity contribution >= 4 is 28.5 Å². The average molecular weight is 485 g/mol. The van der Waals surface area contributed by atoms with E-state index in [1.54, 1.807) is 13.8 Å². The Kier molecular flexibility index (Phi) is 8.82. The molecular formula is C26H36N4O5. The van der Waals surface area contributed by atoms with Crippen molar-refractivity contribution in [1.82, 2.24) is 15.5 Å². The summed E-state index contributed by atoms with van der Waals surface area (Å²) in [5, 5.41) is 18.0. The molecule has 0 radical (unpaired) electrons. The van der Waals surface area contributed by atoms with Gasteiger partial charge in [0.25, 0.3) is 5.91 Å². The molecular weight excluding hydrogens is 448 g/mol. The second-order valence-electron chi connectivity index (χ2n) is 9.46. The summed E-state index contributed by atoms with van der Waals surface area (Å²) in [6.45, 7) is 4.09. The maximum Gasteiger partial charge on any atom is 0.254 e. The number of ether oxygens (including phenoxy) is 1. The minimum absolute atomic E-state index is 0.0295. The van der Waals surface area contributed by atoms with Gasteiger partial charge in [-0.15, -0.1) is 0 Å². The quantitative estimate of drug-likeness (QED) is 0.367. The summed E-state index contributed by atoms with van der Waals surface area (Å²) >= 11 is 0. The van der Waals surface area contributed by atoms with Crippen LogP contribution >= 0.6 is 0 Å². The van der Waals surface area contributed by atoms with Crippen LogP contribution < -0.4 is 16.4 Å². The fourth-order valence-electron chi connectivity index (χ4n) is 4.24. The lowest BCUT2D eigenvalue weighted by Gasteiger charge is -2.32. The number of nitrogens with zero attached hydrogens (tertiary/aromatic N) is 1. The molecule has 1 aliphatic heterocycles. The Hall–Kier alpha value is -3.01. The number of carbonyl (C=O) groups excluding carboxylic acids is 3. The molecule has 0 bridgehead atoms. The predicted octanol–water partition coefficient (Wildman–Crippen LogP) is 0.719. The summed E-state index contributed by atoms with van der Waals surface area (Å²) < 4.78 is 5.28. The van der Waals surface area contributed by atoms with Gasteiger partial charge in [0, 0.05) is 33.0 Å². The number of aliphatic hydroxyl groups excluding tert-OH is 1. The monoisotopic (exact) mass is 484 g/mol. The van der Waals surface area contributed by atoms with Gasteiger partial charge in [0.1, 0.15) is 17.7 Å². The number of benzene rings is 2. The van der Waals surface area contributed by atoms with Crippen molar-refractivity contribution in [3.05, 3.63) is 48.0 Å². The van der Waals surface area contributed by atoms with Crippen molar-refractivity contribution in [3.63, 3.8) is 0 Å². The maximum absolute atomic E-state index is 13.3. The molecule has 2 aromatic carbocycles. The number of amides is 3. The van der Waals surface area contributed by atoms with Crippen LogP contribution in [0, 0.1) is 0 Å². The molecule has 9 heteroatoms. The number of rotatable bonds is 10. The van der Waals surface area contributed by atoms with E-state index in [0.29, 0.717) is 19.5 Å². The van der Waals surface area contributed by atoms with E-state index in [-0.39, 0.29) is 25.3 Å². The van der Waals surface area contributed by atoms with E-state index in [0.717, 1.165) is 16.3 Å². The number of hydrogen-bond acceptors (Lipinski definition) is 6. The molecule has 3 rings (SSSR count). The van der Waals surface area contributed by atoms with Crippen LogP contribution in [0.15, 0.2) is 42.5 Å². The summed E-state index contributed by atoms with van der Waals surface area (Å²) in [7, 11) is 1.42. The van der Waals surface area contributed by atoms with Crippen molar-refractivity contribution in [2.45, 2.75) is 56.9 Å². The van der Waals surface area contributed by atoms with E-state index in [1.807, 2.05) is 42.5 Å². The Morgan fingerprint density at radius 1 is 1.20 bits per heavy atom. The van der Waals surface area contributed by atoms with Gasteiger partial charge in [-0.2, -0.15) is 0 Å². The van der Waals surface area contributed by atoms with E-state index < -0.39 is 35.6 Å². The molecule has 1 aliphatic rings. The third-order valence-electron chi connectivity index (χ3n) is 6.43. The van der Waals surface area contributed by atoms with E-state index in [4.69, 9.17) is 10.5 Å². The topological polar surface area (TPSA) is 134 Å². The number of likely N-dealkylation sites (tertiary alicyclic amines) is 1. The molecule has 1 fully saturated rings. The molecule has 3 amide bonds. The molecule has 0 saturated carbocycles. The van der Waals surface area contributed by atoms with Gasteiger partial charge in [0.2, 0.25) is 11.8 Å². The highest BCUT2D eigenvalue weighted by atomic mass is 16.5. The lowest BCUT2D eigenvalue weighted by Crippen LogP contribution is -2.56. The normalized spacial score (nSPS) is 18.9. The fraction of sp³-hybridized carbons (Fsp3) is 0.500. The van der Waals surface area contributed by atoms with Crippen LogP contribution in [-0.4, -0.2) is 78.3 Å². The van der Waals surface area contributed by atoms with E-state index >= 15 is 0 Å². The van der Waals surface area contributed by atoms with Crippen molar-refractivity contribution in [2.24, 2.45) is 5.73 Å². The van der Waals surface area contributed by atoms with Crippen LogP contribution in [-0.2, 0) is 25.5 Å². The van der Waals surface area contributed by atoms with Gasteiger partial charge in [0.15, 0.2) is 0 Å². The van der Waals surface area contributed by atoms with Gasteiger partial charge in [-0.05, 0) is 43.1 Å². The number of carbonyl (C=O) groups is 3. The molecule has 190 valence electrons. The summed E-state index contributed by atoms with van der Waals surface area (Å²) in [6, 6.07) is 12.1. The molecule has 9 nitrogen and oxygen atoms in total. The largest absolute Gasteiger partial charge is 0.391 e. The predicted molar refractivity (Wildman–Crippen MR) is 133 cm³/mol. The molecule has 0 aromatic heterocycles. The first kappa shape index (κ1) is 26.6. The molecule has 5 N–H and O–H groups in total. The summed E-state index contributed by atoms with van der Waals surface area (Å²) in [6.07, 6.45) is 0.151. The zero-order chi connectivity index (χ0) is 25.6. The molecule has 3 unspecified atom stereocenters. The second kappa shape index (κ2) is 11.6. The Balaban J connectivity index is 1.80. The average Bonchev–Trinajstić information content (AvgIpc) is 3.24. The van der Waals surface area contributed by atoms with Crippen LogP contribution in [0.5, 0.6) is 0 Å². The van der Waals surface area contributed by atoms with Crippen LogP contribution in [0.4, 0.5) is 0 Å². The zero-order valence-electron chi connectivity index (χ0n) is 20.6. The van der Waals surface area contributed by atoms with Crippen LogP contribution in [0.3, 0.4) is 0 Å². The first-order valence-corrected chi connectivity index (χ1v) is 12.0. The molecule has 2 aromatic rings. The molecule has 0 spiro atoms. The van der Waals surface area contributed by atoms with Crippen molar-refractivity contribution in [1.29, 1.82) is 0 Å². The van der Waals surface area contributed by atoms with Gasteiger partial charge < -0.3 is 31.1 Å². The van der Waals surface area contributed by atoms with Crippen LogP contribution in [0.1, 0.15) is 32.3 Å². The smallest absolute Gasteiger partial charge is 0.254 e. The molecule has 1 heterocycles. The number of methoxy groups -OCH3 is 1. The minimum Gasteiger partial charge on any atom is -0.391 e. The number of hydrogen-bond donors (Lipinski definition) is 4. The highest BCUT2D eigenvalue weighted by Crippen LogP contribution is 2.24. The van der Waals surface area contributed by atoms with Gasteiger partial charge in [-0.1, -0.05) is 42.5 Å². The number of β-amino-alcohol motifs (C(OH)–C–C–N with tert-alkyl or cyclic N) is 1. The summed E-state index contributed by atoms with van der Waals surface area (Å²) in [5.41, 5.74) is 5.29. The SMILES string of the molecule is COC(C)(C)C(=O)N1CC(O)CC1C(=O)NC(Cc1ccc2ccccc2c1)C(=O)NCCCN. The second-order valence-corrected chi connectivity index (χ2v) is 9.46. The zero-order valence-corrected chi connectivity index (χ0v) is 20.6. The van der Waals surface area contributed by atoms with Gasteiger partial charge >= 0.3 is 0 Å². The third-order valence-corrected chi connectivity index (χ3v) is 6.43. The fourth-order valence-corrected chi connectivity index (χ4v) is 4.24. The van der Waals surface area contributed by atoms with Crippen LogP contribution in [0.2, 0.25) is 0 Å². The highest BCUT2D eigenvalue weighted by molar-refractivity contribution is 5.94. The molecule has 0 aliphatic carbocycles. The summed E-state index contributed by atoms with van der Waals surface area (Å²) in [4.78, 5) is 40.6. The molecule has 3 atom stereocenters. The summed E-state index contributed by atoms with van der Waals surface area (Å²) in [5.74, 6) is -1.20. The van der Waals surface area contributed by atoms with E-state index in [2.05, 4.69) is 10.6 Å². The number of nitrogens with two attached hydrogens (primary N) is 1. The Bertz CT molecular complexity index is 1060. The van der Waals surface area contributed by atoms with Crippen molar-refractivity contribution in [2.75, 3.05) is 26.7 Å². The number of nitrogens with one attached hydrogen (secondary N) is 2. The number of fused-ring (bicyclic) bond motifs is 1. The number of aliphatic hydroxyl groups is 1. The van der Waals surface area contributed by atoms with Gasteiger partial charge in [-0.3, -0.25) is 14.4 Å². The van der Waals surface area contributed by atoms with E-state index in [9.17, 15) is 19.5 Å². The van der Waals surface area contributed by atoms with Crippen molar-refractivity contribution in [3.8, 4) is 0 Å². The molecule has 1 saturated heterocycles. The van der Waals surface area contributed by atoms with Crippen molar-refractivity contribution < 1.29 is 24.2 Å². The van der Waals surface area contributed by atoms with Gasteiger partial charge in [-0.25, -0.2) is 0 Å². The standard InChI is InChI=1S/C26H36N4O5/c1-26(2,35-3)25(34)30-16-20(31)15-22(30)24(33)29-21(23(32)28-12-6-11-27)14-17-9-10-18-7-4-5-8-19(18)13-17/h4-5,7-10,13,20-22,31H,6,11-12,14-16,27H2,1-3H3,(H,28,32)(H,29,33). The Labute approximate surface area is 206 Å².